The summed E-state index contributed by atoms with van der Waals surface area (Å²) in [5.41, 5.74) is 0.941. The summed E-state index contributed by atoms with van der Waals surface area (Å²) in [5, 5.41) is 0. The van der Waals surface area contributed by atoms with Gasteiger partial charge in [0.1, 0.15) is 0 Å². The van der Waals surface area contributed by atoms with Crippen LogP contribution in [0.3, 0.4) is 0 Å². The van der Waals surface area contributed by atoms with Crippen molar-refractivity contribution in [2.75, 3.05) is 6.61 Å². The van der Waals surface area contributed by atoms with Crippen LogP contribution in [0.4, 0.5) is 8.78 Å². The molecule has 1 aromatic carbocycles. The quantitative estimate of drug-likeness (QED) is 0.799. The summed E-state index contributed by atoms with van der Waals surface area (Å²) in [6.07, 6.45) is 0.579. The van der Waals surface area contributed by atoms with Crippen LogP contribution >= 0.6 is 0 Å². The van der Waals surface area contributed by atoms with Gasteiger partial charge in [0.05, 0.1) is 11.5 Å². The lowest BCUT2D eigenvalue weighted by Crippen LogP contribution is -2.29. The molecule has 0 spiro atoms. The molecule has 0 amide bonds. The minimum atomic E-state index is -3.86. The van der Waals surface area contributed by atoms with Crippen LogP contribution in [-0.4, -0.2) is 20.9 Å². The molecule has 1 aliphatic carbocycles. The molecule has 0 bridgehead atoms. The molecule has 0 N–H and O–H groups in total. The molecular formula is C14H18F2O3S. The Morgan fingerprint density at radius 3 is 2.55 bits per heavy atom. The van der Waals surface area contributed by atoms with E-state index in [1.165, 1.54) is 12.1 Å². The largest absolute Gasteiger partial charge is 0.296 e. The zero-order chi connectivity index (χ0) is 14.8. The van der Waals surface area contributed by atoms with E-state index in [4.69, 9.17) is 4.18 Å². The average Bonchev–Trinajstić information content (AvgIpc) is 2.36. The molecule has 0 aromatic heterocycles. The fourth-order valence-corrected chi connectivity index (χ4v) is 3.35. The normalized spacial score (nSPS) is 22.6. The molecule has 0 aliphatic heterocycles. The molecule has 1 saturated carbocycles. The number of benzene rings is 1. The van der Waals surface area contributed by atoms with Crippen LogP contribution in [0.25, 0.3) is 0 Å². The van der Waals surface area contributed by atoms with Crippen molar-refractivity contribution in [2.24, 2.45) is 5.92 Å². The Balaban J connectivity index is 1.97. The third kappa shape index (κ3) is 3.99. The van der Waals surface area contributed by atoms with E-state index < -0.39 is 22.0 Å². The zero-order valence-corrected chi connectivity index (χ0v) is 12.1. The van der Waals surface area contributed by atoms with Gasteiger partial charge in [-0.15, -0.1) is 0 Å². The van der Waals surface area contributed by atoms with E-state index in [1.807, 2.05) is 6.92 Å². The van der Waals surface area contributed by atoms with Gasteiger partial charge < -0.3 is 0 Å². The Kier molecular flexibility index (Phi) is 4.44. The summed E-state index contributed by atoms with van der Waals surface area (Å²) < 4.78 is 55.3. The molecule has 112 valence electrons. The van der Waals surface area contributed by atoms with Gasteiger partial charge in [-0.3, -0.25) is 4.18 Å². The van der Waals surface area contributed by atoms with E-state index in [2.05, 4.69) is 0 Å². The van der Waals surface area contributed by atoms with Crippen molar-refractivity contribution < 1.29 is 21.4 Å². The van der Waals surface area contributed by atoms with Gasteiger partial charge in [0.25, 0.3) is 10.1 Å². The van der Waals surface area contributed by atoms with Crippen LogP contribution < -0.4 is 0 Å². The molecule has 6 heteroatoms. The molecular weight excluding hydrogens is 286 g/mol. The van der Waals surface area contributed by atoms with Crippen molar-refractivity contribution in [3.63, 3.8) is 0 Å². The van der Waals surface area contributed by atoms with Crippen LogP contribution in [0, 0.1) is 12.8 Å². The summed E-state index contributed by atoms with van der Waals surface area (Å²) in [6, 6.07) is 6.26. The maximum Gasteiger partial charge on any atom is 0.296 e. The predicted octanol–water partition coefficient (Wildman–Crippen LogP) is 3.53. The highest BCUT2D eigenvalue weighted by atomic mass is 32.2. The predicted molar refractivity (Wildman–Crippen MR) is 71.2 cm³/mol. The van der Waals surface area contributed by atoms with E-state index in [9.17, 15) is 17.2 Å². The highest BCUT2D eigenvalue weighted by molar-refractivity contribution is 7.86. The molecule has 1 atom stereocenters. The number of alkyl halides is 2. The molecule has 2 rings (SSSR count). The van der Waals surface area contributed by atoms with Crippen LogP contribution in [0.2, 0.25) is 0 Å². The standard InChI is InChI=1S/C14H18F2O3S/c1-11-4-6-13(7-5-11)20(17,18)19-10-12-3-2-8-14(15,16)9-12/h4-7,12H,2-3,8-10H2,1H3. The molecule has 1 unspecified atom stereocenters. The highest BCUT2D eigenvalue weighted by Gasteiger charge is 2.36. The first-order chi connectivity index (χ1) is 9.28. The second-order valence-corrected chi connectivity index (χ2v) is 6.99. The van der Waals surface area contributed by atoms with Crippen LogP contribution in [0.5, 0.6) is 0 Å². The number of halogens is 2. The molecule has 0 radical (unpaired) electrons. The summed E-state index contributed by atoms with van der Waals surface area (Å²) in [5.74, 6) is -3.10. The lowest BCUT2D eigenvalue weighted by atomic mass is 9.87. The van der Waals surface area contributed by atoms with Gasteiger partial charge in [-0.2, -0.15) is 8.42 Å². The molecule has 1 aromatic rings. The van der Waals surface area contributed by atoms with Crippen molar-refractivity contribution in [1.82, 2.24) is 0 Å². The van der Waals surface area contributed by atoms with Crippen LogP contribution in [0.1, 0.15) is 31.2 Å². The summed E-state index contributed by atoms with van der Waals surface area (Å²) in [4.78, 5) is 0.0608. The molecule has 0 heterocycles. The topological polar surface area (TPSA) is 43.4 Å². The van der Waals surface area contributed by atoms with Gasteiger partial charge in [0.15, 0.2) is 0 Å². The maximum absolute atomic E-state index is 13.2. The number of hydrogen-bond donors (Lipinski definition) is 0. The molecule has 0 saturated heterocycles. The Morgan fingerprint density at radius 1 is 1.30 bits per heavy atom. The SMILES string of the molecule is Cc1ccc(S(=O)(=O)OCC2CCCC(F)(F)C2)cc1. The Labute approximate surface area is 118 Å². The van der Waals surface area contributed by atoms with E-state index in [0.29, 0.717) is 12.8 Å². The monoisotopic (exact) mass is 304 g/mol. The van der Waals surface area contributed by atoms with Crippen molar-refractivity contribution in [3.8, 4) is 0 Å². The highest BCUT2D eigenvalue weighted by Crippen LogP contribution is 2.37. The Hall–Kier alpha value is -1.01. The van der Waals surface area contributed by atoms with Gasteiger partial charge in [-0.25, -0.2) is 8.78 Å². The van der Waals surface area contributed by atoms with E-state index in [1.54, 1.807) is 12.1 Å². The minimum Gasteiger partial charge on any atom is -0.266 e. The van der Waals surface area contributed by atoms with E-state index in [0.717, 1.165) is 5.56 Å². The fourth-order valence-electron chi connectivity index (χ4n) is 2.38. The van der Waals surface area contributed by atoms with Crippen molar-refractivity contribution >= 4 is 10.1 Å². The van der Waals surface area contributed by atoms with Crippen molar-refractivity contribution in [1.29, 1.82) is 0 Å². The number of hydrogen-bond acceptors (Lipinski definition) is 3. The molecule has 3 nitrogen and oxygen atoms in total. The van der Waals surface area contributed by atoms with Crippen molar-refractivity contribution in [2.45, 2.75) is 43.4 Å². The molecule has 1 fully saturated rings. The second kappa shape index (κ2) is 5.77. The third-order valence-electron chi connectivity index (χ3n) is 3.51. The van der Waals surface area contributed by atoms with Gasteiger partial charge in [-0.05, 0) is 37.8 Å². The average molecular weight is 304 g/mol. The third-order valence-corrected chi connectivity index (χ3v) is 4.81. The summed E-state index contributed by atoms with van der Waals surface area (Å²) >= 11 is 0. The fraction of sp³-hybridized carbons (Fsp3) is 0.571. The van der Waals surface area contributed by atoms with Gasteiger partial charge in [0, 0.05) is 12.8 Å². The zero-order valence-electron chi connectivity index (χ0n) is 11.3. The van der Waals surface area contributed by atoms with Crippen LogP contribution in [-0.2, 0) is 14.3 Å². The Morgan fingerprint density at radius 2 is 1.95 bits per heavy atom. The van der Waals surface area contributed by atoms with Gasteiger partial charge in [-0.1, -0.05) is 17.7 Å². The second-order valence-electron chi connectivity index (χ2n) is 5.37. The van der Waals surface area contributed by atoms with Gasteiger partial charge >= 0.3 is 0 Å². The first-order valence-corrected chi connectivity index (χ1v) is 8.03. The van der Waals surface area contributed by atoms with E-state index >= 15 is 0 Å². The smallest absolute Gasteiger partial charge is 0.266 e. The van der Waals surface area contributed by atoms with E-state index in [-0.39, 0.29) is 24.3 Å². The summed E-state index contributed by atoms with van der Waals surface area (Å²) in [7, 11) is -3.86. The minimum absolute atomic E-state index is 0.0608. The number of rotatable bonds is 4. The number of aryl methyl sites for hydroxylation is 1. The van der Waals surface area contributed by atoms with Gasteiger partial charge in [0.2, 0.25) is 5.92 Å². The first-order valence-electron chi connectivity index (χ1n) is 6.62. The Bertz CT molecular complexity index is 552. The first kappa shape index (κ1) is 15.4. The summed E-state index contributed by atoms with van der Waals surface area (Å²) in [6.45, 7) is 1.67. The molecule has 20 heavy (non-hydrogen) atoms. The van der Waals surface area contributed by atoms with Crippen LogP contribution in [0.15, 0.2) is 29.2 Å². The van der Waals surface area contributed by atoms with Crippen molar-refractivity contribution in [3.05, 3.63) is 29.8 Å². The lowest BCUT2D eigenvalue weighted by Gasteiger charge is -2.28. The lowest BCUT2D eigenvalue weighted by molar-refractivity contribution is -0.0582. The molecule has 1 aliphatic rings. The maximum atomic E-state index is 13.2.